The second-order valence-electron chi connectivity index (χ2n) is 8.60. The Kier molecular flexibility index (Phi) is 6.44. The summed E-state index contributed by atoms with van der Waals surface area (Å²) in [6, 6.07) is 14.9. The SMILES string of the molecule is C[C@H](NC(=O)CC(NC(=O)OCC1c2ccccc2-c2ccccc21)C1CCC1)C(=O)O. The highest BCUT2D eigenvalue weighted by Gasteiger charge is 2.33. The summed E-state index contributed by atoms with van der Waals surface area (Å²) in [5.74, 6) is -1.32. The average Bonchev–Trinajstić information content (AvgIpc) is 3.04. The lowest BCUT2D eigenvalue weighted by Gasteiger charge is -2.34. The third-order valence-corrected chi connectivity index (χ3v) is 6.52. The largest absolute Gasteiger partial charge is 0.480 e. The van der Waals surface area contributed by atoms with Crippen LogP contribution in [0.1, 0.15) is 49.7 Å². The molecule has 1 fully saturated rings. The number of amides is 2. The molecule has 7 nitrogen and oxygen atoms in total. The molecule has 4 rings (SSSR count). The molecule has 0 saturated heterocycles. The number of hydrogen-bond acceptors (Lipinski definition) is 4. The van der Waals surface area contributed by atoms with Gasteiger partial charge in [0.1, 0.15) is 12.6 Å². The zero-order valence-corrected chi connectivity index (χ0v) is 18.0. The second-order valence-corrected chi connectivity index (χ2v) is 8.60. The van der Waals surface area contributed by atoms with E-state index < -0.39 is 24.0 Å². The van der Waals surface area contributed by atoms with E-state index >= 15 is 0 Å². The number of carbonyl (C=O) groups excluding carboxylic acids is 2. The van der Waals surface area contributed by atoms with Gasteiger partial charge >= 0.3 is 12.1 Å². The van der Waals surface area contributed by atoms with Gasteiger partial charge in [0.05, 0.1) is 0 Å². The van der Waals surface area contributed by atoms with Crippen LogP contribution >= 0.6 is 0 Å². The Bertz CT molecular complexity index is 971. The number of aliphatic carboxylic acids is 1. The normalized spacial score (nSPS) is 16.8. The Morgan fingerprint density at radius 3 is 2.12 bits per heavy atom. The first-order valence-electron chi connectivity index (χ1n) is 11.1. The van der Waals surface area contributed by atoms with E-state index in [1.807, 2.05) is 24.3 Å². The van der Waals surface area contributed by atoms with Crippen LogP contribution in [0.4, 0.5) is 4.79 Å². The number of fused-ring (bicyclic) bond motifs is 3. The van der Waals surface area contributed by atoms with Gasteiger partial charge in [-0.3, -0.25) is 9.59 Å². The molecule has 168 valence electrons. The van der Waals surface area contributed by atoms with Gasteiger partial charge < -0.3 is 20.5 Å². The van der Waals surface area contributed by atoms with Gasteiger partial charge in [0.25, 0.3) is 0 Å². The molecule has 0 aromatic heterocycles. The van der Waals surface area contributed by atoms with Crippen molar-refractivity contribution in [2.75, 3.05) is 6.61 Å². The van der Waals surface area contributed by atoms with E-state index in [0.717, 1.165) is 41.5 Å². The molecule has 2 aromatic carbocycles. The zero-order valence-electron chi connectivity index (χ0n) is 18.0. The van der Waals surface area contributed by atoms with Gasteiger partial charge in [-0.15, -0.1) is 0 Å². The maximum absolute atomic E-state index is 12.6. The second kappa shape index (κ2) is 9.42. The number of nitrogens with one attached hydrogen (secondary N) is 2. The molecule has 0 bridgehead atoms. The lowest BCUT2D eigenvalue weighted by Crippen LogP contribution is -2.48. The number of alkyl carbamates (subject to hydrolysis) is 1. The zero-order chi connectivity index (χ0) is 22.7. The van der Waals surface area contributed by atoms with Crippen LogP contribution in [0.2, 0.25) is 0 Å². The Morgan fingerprint density at radius 1 is 1.00 bits per heavy atom. The van der Waals surface area contributed by atoms with Crippen molar-refractivity contribution in [3.05, 3.63) is 59.7 Å². The van der Waals surface area contributed by atoms with E-state index in [0.29, 0.717) is 0 Å². The molecule has 2 aliphatic carbocycles. The van der Waals surface area contributed by atoms with Crippen LogP contribution in [-0.4, -0.2) is 41.8 Å². The first kappa shape index (κ1) is 21.9. The summed E-state index contributed by atoms with van der Waals surface area (Å²) in [6.45, 7) is 1.62. The minimum Gasteiger partial charge on any atom is -0.480 e. The molecule has 0 radical (unpaired) electrons. The molecule has 7 heteroatoms. The van der Waals surface area contributed by atoms with Crippen molar-refractivity contribution < 1.29 is 24.2 Å². The lowest BCUT2D eigenvalue weighted by atomic mass is 9.78. The van der Waals surface area contributed by atoms with E-state index in [2.05, 4.69) is 34.9 Å². The van der Waals surface area contributed by atoms with Crippen molar-refractivity contribution in [2.24, 2.45) is 5.92 Å². The van der Waals surface area contributed by atoms with Crippen LogP contribution in [0.5, 0.6) is 0 Å². The molecule has 2 atom stereocenters. The van der Waals surface area contributed by atoms with E-state index in [1.54, 1.807) is 0 Å². The van der Waals surface area contributed by atoms with Crippen molar-refractivity contribution >= 4 is 18.0 Å². The monoisotopic (exact) mass is 436 g/mol. The Labute approximate surface area is 187 Å². The molecule has 3 N–H and O–H groups in total. The molecule has 32 heavy (non-hydrogen) atoms. The third kappa shape index (κ3) is 4.61. The smallest absolute Gasteiger partial charge is 0.407 e. The molecule has 2 aliphatic rings. The third-order valence-electron chi connectivity index (χ3n) is 6.52. The van der Waals surface area contributed by atoms with Gasteiger partial charge in [-0.2, -0.15) is 0 Å². The van der Waals surface area contributed by atoms with Gasteiger partial charge in [0.2, 0.25) is 5.91 Å². The minimum atomic E-state index is -1.09. The number of rotatable bonds is 8. The van der Waals surface area contributed by atoms with Crippen LogP contribution in [0, 0.1) is 5.92 Å². The van der Waals surface area contributed by atoms with E-state index in [4.69, 9.17) is 9.84 Å². The number of benzene rings is 2. The first-order chi connectivity index (χ1) is 15.4. The molecule has 0 spiro atoms. The van der Waals surface area contributed by atoms with Crippen LogP contribution in [0.15, 0.2) is 48.5 Å². The van der Waals surface area contributed by atoms with E-state index in [1.165, 1.54) is 6.92 Å². The molecule has 1 saturated carbocycles. The molecule has 2 aromatic rings. The van der Waals surface area contributed by atoms with Gasteiger partial charge in [0, 0.05) is 18.4 Å². The van der Waals surface area contributed by atoms with Crippen molar-refractivity contribution in [1.29, 1.82) is 0 Å². The van der Waals surface area contributed by atoms with Crippen LogP contribution < -0.4 is 10.6 Å². The van der Waals surface area contributed by atoms with Gasteiger partial charge in [-0.25, -0.2) is 4.79 Å². The highest BCUT2D eigenvalue weighted by Crippen LogP contribution is 2.44. The summed E-state index contributed by atoms with van der Waals surface area (Å²) in [4.78, 5) is 35.9. The lowest BCUT2D eigenvalue weighted by molar-refractivity contribution is -0.141. The fourth-order valence-corrected chi connectivity index (χ4v) is 4.53. The molecular weight excluding hydrogens is 408 g/mol. The number of carbonyl (C=O) groups is 3. The minimum absolute atomic E-state index is 0.0324. The van der Waals surface area contributed by atoms with Crippen LogP contribution in [0.3, 0.4) is 0 Å². The Balaban J connectivity index is 1.38. The highest BCUT2D eigenvalue weighted by molar-refractivity contribution is 5.84. The van der Waals surface area contributed by atoms with Gasteiger partial charge in [-0.05, 0) is 47.9 Å². The number of carboxylic acids is 1. The first-order valence-corrected chi connectivity index (χ1v) is 11.1. The topological polar surface area (TPSA) is 105 Å². The van der Waals surface area contributed by atoms with Crippen molar-refractivity contribution in [2.45, 2.75) is 50.6 Å². The molecule has 0 aliphatic heterocycles. The number of hydrogen-bond donors (Lipinski definition) is 3. The fraction of sp³-hybridized carbons (Fsp3) is 0.400. The van der Waals surface area contributed by atoms with E-state index in [-0.39, 0.29) is 30.9 Å². The predicted molar refractivity (Wildman–Crippen MR) is 119 cm³/mol. The average molecular weight is 437 g/mol. The summed E-state index contributed by atoms with van der Waals surface area (Å²) >= 11 is 0. The summed E-state index contributed by atoms with van der Waals surface area (Å²) in [7, 11) is 0. The van der Waals surface area contributed by atoms with Crippen molar-refractivity contribution in [1.82, 2.24) is 10.6 Å². The molecule has 2 amide bonds. The summed E-state index contributed by atoms with van der Waals surface area (Å²) in [5, 5.41) is 14.3. The Morgan fingerprint density at radius 2 is 1.59 bits per heavy atom. The predicted octanol–water partition coefficient (Wildman–Crippen LogP) is 3.67. The number of ether oxygens (including phenoxy) is 1. The standard InChI is InChI=1S/C25H28N2O5/c1-15(24(29)30)26-23(28)13-22(16-7-6-8-16)27-25(31)32-14-21-19-11-4-2-9-17(19)18-10-3-5-12-20(18)21/h2-5,9-12,15-16,21-22H,6-8,13-14H2,1H3,(H,26,28)(H,27,31)(H,29,30)/t15-,22?/m0/s1. The molecule has 1 unspecified atom stereocenters. The molecule has 0 heterocycles. The maximum Gasteiger partial charge on any atom is 0.407 e. The van der Waals surface area contributed by atoms with Crippen LogP contribution in [-0.2, 0) is 14.3 Å². The maximum atomic E-state index is 12.6. The quantitative estimate of drug-likeness (QED) is 0.586. The molecular formula is C25H28N2O5. The number of carboxylic acid groups (broad SMARTS) is 1. The van der Waals surface area contributed by atoms with Gasteiger partial charge in [0.15, 0.2) is 0 Å². The van der Waals surface area contributed by atoms with Crippen molar-refractivity contribution in [3.8, 4) is 11.1 Å². The highest BCUT2D eigenvalue weighted by atomic mass is 16.5. The van der Waals surface area contributed by atoms with E-state index in [9.17, 15) is 14.4 Å². The fourth-order valence-electron chi connectivity index (χ4n) is 4.53. The Hall–Kier alpha value is -3.35. The summed E-state index contributed by atoms with van der Waals surface area (Å²) in [5.41, 5.74) is 4.60. The van der Waals surface area contributed by atoms with Gasteiger partial charge in [-0.1, -0.05) is 55.0 Å². The van der Waals surface area contributed by atoms with Crippen molar-refractivity contribution in [3.63, 3.8) is 0 Å². The van der Waals surface area contributed by atoms with Crippen LogP contribution in [0.25, 0.3) is 11.1 Å². The summed E-state index contributed by atoms with van der Waals surface area (Å²) < 4.78 is 5.61. The summed E-state index contributed by atoms with van der Waals surface area (Å²) in [6.07, 6.45) is 2.39.